The monoisotopic (exact) mass is 493 g/mol. The van der Waals surface area contributed by atoms with Crippen LogP contribution >= 0.6 is 11.6 Å². The van der Waals surface area contributed by atoms with E-state index in [-0.39, 0.29) is 18.5 Å². The molecule has 9 heteroatoms. The smallest absolute Gasteiger partial charge is 0.244 e. The second-order valence-electron chi connectivity index (χ2n) is 8.28. The molecule has 180 valence electrons. The predicted molar refractivity (Wildman–Crippen MR) is 133 cm³/mol. The van der Waals surface area contributed by atoms with Crippen molar-refractivity contribution in [1.29, 1.82) is 0 Å². The molecule has 33 heavy (non-hydrogen) atoms. The Balaban J connectivity index is 2.38. The van der Waals surface area contributed by atoms with E-state index in [9.17, 15) is 18.0 Å². The Morgan fingerprint density at radius 2 is 1.67 bits per heavy atom. The maximum absolute atomic E-state index is 13.4. The highest BCUT2D eigenvalue weighted by Gasteiger charge is 2.30. The molecule has 2 rings (SSSR count). The van der Waals surface area contributed by atoms with Crippen LogP contribution < -0.4 is 9.62 Å². The van der Waals surface area contributed by atoms with Crippen LogP contribution in [0.25, 0.3) is 0 Å². The van der Waals surface area contributed by atoms with Gasteiger partial charge in [-0.05, 0) is 62.6 Å². The first-order chi connectivity index (χ1) is 15.4. The van der Waals surface area contributed by atoms with Crippen molar-refractivity contribution >= 4 is 39.1 Å². The number of nitrogens with zero attached hydrogens (tertiary/aromatic N) is 2. The molecule has 2 aromatic rings. The number of aryl methyl sites for hydroxylation is 1. The van der Waals surface area contributed by atoms with Crippen molar-refractivity contribution in [3.63, 3.8) is 0 Å². The van der Waals surface area contributed by atoms with Crippen LogP contribution in [0.1, 0.15) is 38.8 Å². The summed E-state index contributed by atoms with van der Waals surface area (Å²) in [7, 11) is -3.75. The van der Waals surface area contributed by atoms with Gasteiger partial charge in [-0.2, -0.15) is 0 Å². The number of amides is 2. The van der Waals surface area contributed by atoms with Crippen LogP contribution in [0.15, 0.2) is 48.5 Å². The molecular formula is C24H32ClN3O4S. The topological polar surface area (TPSA) is 86.8 Å². The molecule has 0 aliphatic carbocycles. The normalized spacial score (nSPS) is 12.3. The highest BCUT2D eigenvalue weighted by molar-refractivity contribution is 7.92. The summed E-state index contributed by atoms with van der Waals surface area (Å²) in [6.07, 6.45) is 1.87. The van der Waals surface area contributed by atoms with Crippen LogP contribution in [0.2, 0.25) is 5.02 Å². The Bertz CT molecular complexity index is 1070. The lowest BCUT2D eigenvalue weighted by Gasteiger charge is -2.32. The third-order valence-corrected chi connectivity index (χ3v) is 6.53. The van der Waals surface area contributed by atoms with E-state index in [1.165, 1.54) is 4.90 Å². The molecule has 1 atom stereocenters. The van der Waals surface area contributed by atoms with E-state index in [1.807, 2.05) is 32.9 Å². The van der Waals surface area contributed by atoms with Crippen molar-refractivity contribution in [1.82, 2.24) is 10.2 Å². The van der Waals surface area contributed by atoms with Crippen LogP contribution in [0.3, 0.4) is 0 Å². The molecule has 0 aromatic heterocycles. The number of sulfonamides is 1. The highest BCUT2D eigenvalue weighted by Crippen LogP contribution is 2.20. The Hall–Kier alpha value is -2.58. The van der Waals surface area contributed by atoms with Crippen LogP contribution in [0.5, 0.6) is 0 Å². The van der Waals surface area contributed by atoms with Gasteiger partial charge in [0.15, 0.2) is 0 Å². The van der Waals surface area contributed by atoms with Gasteiger partial charge in [0.1, 0.15) is 12.6 Å². The number of nitrogens with one attached hydrogen (secondary N) is 1. The predicted octanol–water partition coefficient (Wildman–Crippen LogP) is 3.61. The third kappa shape index (κ3) is 7.75. The van der Waals surface area contributed by atoms with Crippen molar-refractivity contribution in [2.75, 3.05) is 17.1 Å². The lowest BCUT2D eigenvalue weighted by atomic mass is 10.1. The first-order valence-electron chi connectivity index (χ1n) is 10.8. The molecule has 0 radical (unpaired) electrons. The number of hydrogen-bond acceptors (Lipinski definition) is 4. The van der Waals surface area contributed by atoms with Crippen molar-refractivity contribution in [2.24, 2.45) is 0 Å². The maximum atomic E-state index is 13.4. The molecule has 0 heterocycles. The summed E-state index contributed by atoms with van der Waals surface area (Å²) >= 11 is 6.10. The van der Waals surface area contributed by atoms with E-state index in [2.05, 4.69) is 5.32 Å². The van der Waals surface area contributed by atoms with Crippen molar-refractivity contribution < 1.29 is 18.0 Å². The second kappa shape index (κ2) is 11.5. The van der Waals surface area contributed by atoms with Crippen molar-refractivity contribution in [2.45, 2.75) is 52.7 Å². The zero-order valence-corrected chi connectivity index (χ0v) is 21.3. The zero-order valence-electron chi connectivity index (χ0n) is 19.7. The van der Waals surface area contributed by atoms with Gasteiger partial charge in [-0.1, -0.05) is 42.8 Å². The van der Waals surface area contributed by atoms with Gasteiger partial charge in [-0.15, -0.1) is 0 Å². The summed E-state index contributed by atoms with van der Waals surface area (Å²) < 4.78 is 26.2. The number of carbonyl (C=O) groups is 2. The van der Waals surface area contributed by atoms with E-state index in [0.717, 1.165) is 28.1 Å². The molecule has 0 aliphatic rings. The molecular weight excluding hydrogens is 462 g/mol. The average molecular weight is 494 g/mol. The number of halogens is 1. The molecule has 1 unspecified atom stereocenters. The number of carbonyl (C=O) groups excluding carboxylic acids is 2. The maximum Gasteiger partial charge on any atom is 0.244 e. The number of rotatable bonds is 10. The van der Waals surface area contributed by atoms with Crippen LogP contribution in [-0.2, 0) is 32.6 Å². The second-order valence-corrected chi connectivity index (χ2v) is 10.6. The summed E-state index contributed by atoms with van der Waals surface area (Å²) in [5, 5.41) is 3.32. The summed E-state index contributed by atoms with van der Waals surface area (Å²) in [5.41, 5.74) is 2.18. The van der Waals surface area contributed by atoms with Gasteiger partial charge in [0, 0.05) is 17.6 Å². The minimum Gasteiger partial charge on any atom is -0.352 e. The molecule has 0 aliphatic heterocycles. The Kier molecular flexibility index (Phi) is 9.31. The largest absolute Gasteiger partial charge is 0.352 e. The lowest BCUT2D eigenvalue weighted by molar-refractivity contribution is -0.139. The van der Waals surface area contributed by atoms with Gasteiger partial charge in [-0.3, -0.25) is 13.9 Å². The summed E-state index contributed by atoms with van der Waals surface area (Å²) in [5.74, 6) is -0.815. The van der Waals surface area contributed by atoms with E-state index in [1.54, 1.807) is 43.3 Å². The number of anilines is 1. The first-order valence-corrected chi connectivity index (χ1v) is 13.1. The lowest BCUT2D eigenvalue weighted by Crippen LogP contribution is -2.52. The van der Waals surface area contributed by atoms with Gasteiger partial charge >= 0.3 is 0 Å². The van der Waals surface area contributed by atoms with Crippen molar-refractivity contribution in [3.8, 4) is 0 Å². The highest BCUT2D eigenvalue weighted by atomic mass is 35.5. The van der Waals surface area contributed by atoms with Crippen LogP contribution in [0.4, 0.5) is 5.69 Å². The molecule has 0 saturated heterocycles. The average Bonchev–Trinajstić information content (AvgIpc) is 2.74. The third-order valence-electron chi connectivity index (χ3n) is 5.15. The zero-order chi connectivity index (χ0) is 24.8. The van der Waals surface area contributed by atoms with E-state index >= 15 is 0 Å². The molecule has 7 nitrogen and oxygen atoms in total. The molecule has 0 saturated carbocycles. The number of hydrogen-bond donors (Lipinski definition) is 1. The van der Waals surface area contributed by atoms with Gasteiger partial charge < -0.3 is 10.2 Å². The van der Waals surface area contributed by atoms with Gasteiger partial charge in [0.25, 0.3) is 0 Å². The minimum absolute atomic E-state index is 0.104. The van der Waals surface area contributed by atoms with Crippen LogP contribution in [-0.4, -0.2) is 50.0 Å². The van der Waals surface area contributed by atoms with E-state index in [4.69, 9.17) is 11.6 Å². The molecule has 0 bridgehead atoms. The Morgan fingerprint density at radius 3 is 2.18 bits per heavy atom. The Morgan fingerprint density at radius 1 is 1.03 bits per heavy atom. The fourth-order valence-corrected chi connectivity index (χ4v) is 4.39. The standard InChI is InChI=1S/C24H32ClN3O4S/c1-6-19-10-12-22(13-11-19)28(33(5,31)32)16-23(29)27(18(4)24(30)26-17(2)3)15-20-8-7-9-21(25)14-20/h7-14,17-18H,6,15-16H2,1-5H3,(H,26,30). The summed E-state index contributed by atoms with van der Waals surface area (Å²) in [4.78, 5) is 27.5. The van der Waals surface area contributed by atoms with E-state index in [0.29, 0.717) is 10.7 Å². The van der Waals surface area contributed by atoms with E-state index < -0.39 is 28.5 Å². The quantitative estimate of drug-likeness (QED) is 0.547. The molecule has 0 spiro atoms. The van der Waals surface area contributed by atoms with Crippen LogP contribution in [0, 0.1) is 0 Å². The SMILES string of the molecule is CCc1ccc(N(CC(=O)N(Cc2cccc(Cl)c2)C(C)C(=O)NC(C)C)S(C)(=O)=O)cc1. The van der Waals surface area contributed by atoms with Gasteiger partial charge in [0.05, 0.1) is 11.9 Å². The number of benzene rings is 2. The summed E-state index contributed by atoms with van der Waals surface area (Å²) in [6, 6.07) is 13.1. The Labute approximate surface area is 201 Å². The first kappa shape index (κ1) is 26.7. The molecule has 1 N–H and O–H groups in total. The summed E-state index contributed by atoms with van der Waals surface area (Å²) in [6.45, 7) is 6.98. The minimum atomic E-state index is -3.75. The molecule has 0 fully saturated rings. The van der Waals surface area contributed by atoms with Crippen molar-refractivity contribution in [3.05, 3.63) is 64.7 Å². The molecule has 2 aromatic carbocycles. The fraction of sp³-hybridized carbons (Fsp3) is 0.417. The molecule has 2 amide bonds. The van der Waals surface area contributed by atoms with Gasteiger partial charge in [0.2, 0.25) is 21.8 Å². The fourth-order valence-electron chi connectivity index (χ4n) is 3.33. The van der Waals surface area contributed by atoms with Gasteiger partial charge in [-0.25, -0.2) is 8.42 Å².